The first-order valence-electron chi connectivity index (χ1n) is 4.55. The van der Waals surface area contributed by atoms with Crippen LogP contribution in [0.1, 0.15) is 20.8 Å². The third kappa shape index (κ3) is 6.95. The second-order valence-corrected chi connectivity index (χ2v) is 3.45. The molecule has 0 saturated heterocycles. The van der Waals surface area contributed by atoms with E-state index >= 15 is 0 Å². The zero-order valence-electron chi connectivity index (χ0n) is 9.15. The largest absolute Gasteiger partial charge is 0.391 e. The first-order valence-corrected chi connectivity index (χ1v) is 4.55. The average molecular weight is 191 g/mol. The van der Waals surface area contributed by atoms with Crippen molar-refractivity contribution in [1.82, 2.24) is 4.90 Å². The minimum absolute atomic E-state index is 0.0176. The lowest BCUT2D eigenvalue weighted by Gasteiger charge is -2.24. The summed E-state index contributed by atoms with van der Waals surface area (Å²) in [6, 6.07) is 0. The molecule has 0 heterocycles. The molecular formula is C9H21NO3. The maximum Gasteiger partial charge on any atom is 0.157 e. The molecule has 3 unspecified atom stereocenters. The molecule has 0 aromatic rings. The summed E-state index contributed by atoms with van der Waals surface area (Å²) >= 11 is 0. The fraction of sp³-hybridized carbons (Fsp3) is 1.00. The van der Waals surface area contributed by atoms with Gasteiger partial charge in [0.15, 0.2) is 6.29 Å². The Bertz CT molecular complexity index is 128. The van der Waals surface area contributed by atoms with E-state index in [9.17, 15) is 0 Å². The predicted molar refractivity (Wildman–Crippen MR) is 51.3 cm³/mol. The van der Waals surface area contributed by atoms with Crippen LogP contribution >= 0.6 is 0 Å². The van der Waals surface area contributed by atoms with E-state index in [1.54, 1.807) is 6.92 Å². The van der Waals surface area contributed by atoms with Crippen LogP contribution in [0, 0.1) is 0 Å². The van der Waals surface area contributed by atoms with Gasteiger partial charge in [-0.05, 0) is 34.9 Å². The van der Waals surface area contributed by atoms with Crippen LogP contribution in [0.5, 0.6) is 0 Å². The highest BCUT2D eigenvalue weighted by Gasteiger charge is 2.10. The summed E-state index contributed by atoms with van der Waals surface area (Å²) in [5.74, 6) is 0. The van der Waals surface area contributed by atoms with Crippen LogP contribution in [0.4, 0.5) is 0 Å². The molecule has 0 fully saturated rings. The molecule has 0 aliphatic carbocycles. The standard InChI is InChI=1S/C9H21NO3/c1-7(11)6-12-9(3)13-8(2)10(4)5/h7-9,11H,6H2,1-5H3. The first-order chi connectivity index (χ1) is 5.93. The normalized spacial score (nSPS) is 18.7. The third-order valence-corrected chi connectivity index (χ3v) is 1.69. The molecule has 0 rings (SSSR count). The molecule has 0 aliphatic rings. The van der Waals surface area contributed by atoms with Crippen molar-refractivity contribution in [2.24, 2.45) is 0 Å². The van der Waals surface area contributed by atoms with Gasteiger partial charge in [-0.3, -0.25) is 4.90 Å². The SMILES string of the molecule is CC(O)COC(C)OC(C)N(C)C. The van der Waals surface area contributed by atoms with Crippen LogP contribution in [0.2, 0.25) is 0 Å². The molecule has 1 N–H and O–H groups in total. The van der Waals surface area contributed by atoms with Gasteiger partial charge in [-0.15, -0.1) is 0 Å². The van der Waals surface area contributed by atoms with E-state index in [0.717, 1.165) is 0 Å². The molecule has 0 amide bonds. The summed E-state index contributed by atoms with van der Waals surface area (Å²) in [6.07, 6.45) is -0.711. The summed E-state index contributed by atoms with van der Waals surface area (Å²) in [5.41, 5.74) is 0. The molecule has 3 atom stereocenters. The van der Waals surface area contributed by atoms with Gasteiger partial charge in [0.05, 0.1) is 12.7 Å². The van der Waals surface area contributed by atoms with Gasteiger partial charge in [0.25, 0.3) is 0 Å². The van der Waals surface area contributed by atoms with Crippen LogP contribution in [0.25, 0.3) is 0 Å². The van der Waals surface area contributed by atoms with Gasteiger partial charge in [-0.2, -0.15) is 0 Å². The van der Waals surface area contributed by atoms with Gasteiger partial charge in [-0.25, -0.2) is 0 Å². The number of nitrogens with zero attached hydrogens (tertiary/aromatic N) is 1. The Kier molecular flexibility index (Phi) is 6.24. The average Bonchev–Trinajstić information content (AvgIpc) is 2.00. The molecule has 0 aromatic carbocycles. The highest BCUT2D eigenvalue weighted by molar-refractivity contribution is 4.47. The molecular weight excluding hydrogens is 170 g/mol. The quantitative estimate of drug-likeness (QED) is 0.626. The zero-order valence-corrected chi connectivity index (χ0v) is 9.15. The Labute approximate surface area is 80.4 Å². The van der Waals surface area contributed by atoms with Gasteiger partial charge in [0.1, 0.15) is 6.23 Å². The maximum atomic E-state index is 8.95. The molecule has 0 saturated carbocycles. The van der Waals surface area contributed by atoms with Crippen molar-refractivity contribution in [3.8, 4) is 0 Å². The van der Waals surface area contributed by atoms with E-state index in [4.69, 9.17) is 14.6 Å². The summed E-state index contributed by atoms with van der Waals surface area (Å²) in [4.78, 5) is 1.95. The van der Waals surface area contributed by atoms with Crippen LogP contribution < -0.4 is 0 Å². The van der Waals surface area contributed by atoms with Crippen LogP contribution in [0.15, 0.2) is 0 Å². The molecule has 13 heavy (non-hydrogen) atoms. The summed E-state index contributed by atoms with van der Waals surface area (Å²) in [6.45, 7) is 5.76. The molecule has 0 bridgehead atoms. The second kappa shape index (κ2) is 6.32. The fourth-order valence-electron chi connectivity index (χ4n) is 0.713. The van der Waals surface area contributed by atoms with Crippen molar-refractivity contribution in [3.63, 3.8) is 0 Å². The van der Waals surface area contributed by atoms with Crippen LogP contribution in [0.3, 0.4) is 0 Å². The molecule has 4 heteroatoms. The Balaban J connectivity index is 3.55. The van der Waals surface area contributed by atoms with E-state index in [2.05, 4.69) is 0 Å². The van der Waals surface area contributed by atoms with E-state index < -0.39 is 6.10 Å². The van der Waals surface area contributed by atoms with Crippen molar-refractivity contribution in [3.05, 3.63) is 0 Å². The Hall–Kier alpha value is -0.160. The lowest BCUT2D eigenvalue weighted by molar-refractivity contribution is -0.193. The van der Waals surface area contributed by atoms with Gasteiger partial charge in [0, 0.05) is 0 Å². The lowest BCUT2D eigenvalue weighted by atomic mass is 10.4. The fourth-order valence-corrected chi connectivity index (χ4v) is 0.713. The van der Waals surface area contributed by atoms with Gasteiger partial charge >= 0.3 is 0 Å². The van der Waals surface area contributed by atoms with E-state index in [-0.39, 0.29) is 12.5 Å². The molecule has 0 spiro atoms. The molecule has 0 aliphatic heterocycles. The van der Waals surface area contributed by atoms with Gasteiger partial charge < -0.3 is 14.6 Å². The van der Waals surface area contributed by atoms with E-state index in [1.165, 1.54) is 0 Å². The minimum Gasteiger partial charge on any atom is -0.391 e. The van der Waals surface area contributed by atoms with E-state index in [0.29, 0.717) is 6.61 Å². The monoisotopic (exact) mass is 191 g/mol. The highest BCUT2D eigenvalue weighted by Crippen LogP contribution is 2.02. The van der Waals surface area contributed by atoms with Crippen LogP contribution in [-0.4, -0.2) is 49.3 Å². The molecule has 0 aromatic heterocycles. The second-order valence-electron chi connectivity index (χ2n) is 3.45. The van der Waals surface area contributed by atoms with Gasteiger partial charge in [-0.1, -0.05) is 0 Å². The van der Waals surface area contributed by atoms with Gasteiger partial charge in [0.2, 0.25) is 0 Å². The number of rotatable bonds is 6. The number of hydrogen-bond acceptors (Lipinski definition) is 4. The van der Waals surface area contributed by atoms with Crippen LogP contribution in [-0.2, 0) is 9.47 Å². The number of aliphatic hydroxyl groups is 1. The summed E-state index contributed by atoms with van der Waals surface area (Å²) in [7, 11) is 3.87. The van der Waals surface area contributed by atoms with Crippen molar-refractivity contribution in [1.29, 1.82) is 0 Å². The molecule has 0 radical (unpaired) electrons. The topological polar surface area (TPSA) is 41.9 Å². The summed E-state index contributed by atoms with van der Waals surface area (Å²) in [5, 5.41) is 8.95. The highest BCUT2D eigenvalue weighted by atomic mass is 16.7. The van der Waals surface area contributed by atoms with E-state index in [1.807, 2.05) is 32.8 Å². The van der Waals surface area contributed by atoms with Crippen molar-refractivity contribution < 1.29 is 14.6 Å². The van der Waals surface area contributed by atoms with Crippen molar-refractivity contribution in [2.75, 3.05) is 20.7 Å². The Morgan fingerprint density at radius 2 is 1.77 bits per heavy atom. The minimum atomic E-state index is -0.444. The number of hydrogen-bond donors (Lipinski definition) is 1. The summed E-state index contributed by atoms with van der Waals surface area (Å²) < 4.78 is 10.7. The number of ether oxygens (including phenoxy) is 2. The lowest BCUT2D eigenvalue weighted by Crippen LogP contribution is -2.32. The smallest absolute Gasteiger partial charge is 0.157 e. The molecule has 80 valence electrons. The Morgan fingerprint density at radius 3 is 2.15 bits per heavy atom. The third-order valence-electron chi connectivity index (χ3n) is 1.69. The zero-order chi connectivity index (χ0) is 10.4. The van der Waals surface area contributed by atoms with Crippen molar-refractivity contribution >= 4 is 0 Å². The number of aliphatic hydroxyl groups excluding tert-OH is 1. The van der Waals surface area contributed by atoms with Crippen molar-refractivity contribution in [2.45, 2.75) is 39.4 Å². The predicted octanol–water partition coefficient (Wildman–Crippen LogP) is 0.654. The first kappa shape index (κ1) is 12.8. The Morgan fingerprint density at radius 1 is 1.23 bits per heavy atom. The molecule has 4 nitrogen and oxygen atoms in total. The maximum absolute atomic E-state index is 8.95.